The Bertz CT molecular complexity index is 1340. The zero-order chi connectivity index (χ0) is 22.3. The number of anilines is 1. The van der Waals surface area contributed by atoms with Crippen LogP contribution in [0.4, 0.5) is 5.69 Å². The zero-order valence-electron chi connectivity index (χ0n) is 16.8. The number of carbonyl (C=O) groups is 2. The van der Waals surface area contributed by atoms with Crippen LogP contribution in [-0.4, -0.2) is 35.8 Å². The summed E-state index contributed by atoms with van der Waals surface area (Å²) in [4.78, 5) is 32.5. The third kappa shape index (κ3) is 3.36. The summed E-state index contributed by atoms with van der Waals surface area (Å²) in [5, 5.41) is 2.90. The highest BCUT2D eigenvalue weighted by Crippen LogP contribution is 2.37. The van der Waals surface area contributed by atoms with Crippen molar-refractivity contribution in [3.8, 4) is 0 Å². The Balaban J connectivity index is 1.58. The van der Waals surface area contributed by atoms with Crippen molar-refractivity contribution in [3.05, 3.63) is 90.3 Å². The summed E-state index contributed by atoms with van der Waals surface area (Å²) >= 11 is 0. The highest BCUT2D eigenvalue weighted by atomic mass is 32.2. The molecule has 3 heterocycles. The molecule has 32 heavy (non-hydrogen) atoms. The number of pyridine rings is 1. The summed E-state index contributed by atoms with van der Waals surface area (Å²) in [7, 11) is -4.04. The van der Waals surface area contributed by atoms with E-state index >= 15 is 0 Å². The predicted octanol–water partition coefficient (Wildman–Crippen LogP) is 2.56. The monoisotopic (exact) mass is 446 g/mol. The first-order chi connectivity index (χ1) is 15.5. The van der Waals surface area contributed by atoms with E-state index in [2.05, 4.69) is 14.7 Å². The van der Waals surface area contributed by atoms with Crippen LogP contribution in [0.1, 0.15) is 17.2 Å². The molecule has 2 aromatic carbocycles. The Hall–Kier alpha value is -3.85. The number of nitrogens with zero attached hydrogens (tertiary/aromatic N) is 3. The van der Waals surface area contributed by atoms with Gasteiger partial charge >= 0.3 is 0 Å². The third-order valence-corrected chi connectivity index (χ3v) is 6.88. The van der Waals surface area contributed by atoms with Gasteiger partial charge in [-0.15, -0.1) is 4.40 Å². The van der Waals surface area contributed by atoms with Crippen LogP contribution in [0, 0.1) is 5.92 Å². The second-order valence-corrected chi connectivity index (χ2v) is 9.12. The van der Waals surface area contributed by atoms with Gasteiger partial charge in [0.1, 0.15) is 16.8 Å². The molecule has 5 rings (SSSR count). The third-order valence-electron chi connectivity index (χ3n) is 5.53. The minimum atomic E-state index is -4.04. The van der Waals surface area contributed by atoms with E-state index in [0.717, 1.165) is 5.56 Å². The molecule has 1 saturated heterocycles. The van der Waals surface area contributed by atoms with Crippen LogP contribution in [0.25, 0.3) is 0 Å². The van der Waals surface area contributed by atoms with Crippen LogP contribution < -0.4 is 5.32 Å². The molecule has 1 amide bonds. The van der Waals surface area contributed by atoms with Gasteiger partial charge in [0.05, 0.1) is 5.69 Å². The van der Waals surface area contributed by atoms with E-state index in [1.54, 1.807) is 42.7 Å². The molecule has 2 aliphatic heterocycles. The molecule has 0 aliphatic carbocycles. The van der Waals surface area contributed by atoms with Gasteiger partial charge in [-0.05, 0) is 35.4 Å². The average Bonchev–Trinajstić information content (AvgIpc) is 3.04. The normalized spacial score (nSPS) is 21.6. The number of para-hydroxylation sites is 1. The SMILES string of the molecule is O=C1C(C2=NS(=O)(=O)c3ccccc3N2)C(=O)N(Cc2ccccc2)C1c1ccncc1. The molecular weight excluding hydrogens is 428 g/mol. The number of sulfonamides is 1. The first kappa shape index (κ1) is 20.1. The maximum absolute atomic E-state index is 13.5. The molecule has 9 heteroatoms. The van der Waals surface area contributed by atoms with E-state index in [9.17, 15) is 18.0 Å². The lowest BCUT2D eigenvalue weighted by Gasteiger charge is -2.24. The Morgan fingerprint density at radius 1 is 0.906 bits per heavy atom. The lowest BCUT2D eigenvalue weighted by molar-refractivity contribution is -0.131. The zero-order valence-corrected chi connectivity index (χ0v) is 17.6. The smallest absolute Gasteiger partial charge is 0.286 e. The fourth-order valence-electron chi connectivity index (χ4n) is 4.08. The van der Waals surface area contributed by atoms with Gasteiger partial charge in [-0.2, -0.15) is 8.42 Å². The number of hydrogen-bond acceptors (Lipinski definition) is 6. The standard InChI is InChI=1S/C23H18N4O4S/c28-21-19(22-25-17-8-4-5-9-18(17)32(30,31)26-22)23(29)27(14-15-6-2-1-3-7-15)20(21)16-10-12-24-13-11-16/h1-13,19-20H,14H2,(H,25,26). The number of rotatable bonds is 4. The van der Waals surface area contributed by atoms with Crippen LogP contribution in [0.2, 0.25) is 0 Å². The van der Waals surface area contributed by atoms with E-state index in [1.807, 2.05) is 30.3 Å². The second-order valence-electron chi connectivity index (χ2n) is 7.54. The maximum Gasteiger partial charge on any atom is 0.286 e. The fourth-order valence-corrected chi connectivity index (χ4v) is 5.23. The van der Waals surface area contributed by atoms with Crippen molar-refractivity contribution < 1.29 is 18.0 Å². The number of fused-ring (bicyclic) bond motifs is 1. The first-order valence-electron chi connectivity index (χ1n) is 9.95. The molecule has 3 aromatic rings. The summed E-state index contributed by atoms with van der Waals surface area (Å²) in [5.41, 5.74) is 1.75. The van der Waals surface area contributed by atoms with Crippen LogP contribution in [0.3, 0.4) is 0 Å². The summed E-state index contributed by atoms with van der Waals surface area (Å²) in [5.74, 6) is -2.45. The first-order valence-corrected chi connectivity index (χ1v) is 11.4. The topological polar surface area (TPSA) is 109 Å². The number of ketones is 1. The summed E-state index contributed by atoms with van der Waals surface area (Å²) in [6, 6.07) is 18.1. The minimum Gasteiger partial charge on any atom is -0.341 e. The molecule has 0 bridgehead atoms. The van der Waals surface area contributed by atoms with Crippen molar-refractivity contribution in [1.29, 1.82) is 0 Å². The van der Waals surface area contributed by atoms with Crippen molar-refractivity contribution in [2.24, 2.45) is 10.3 Å². The van der Waals surface area contributed by atoms with Crippen LogP contribution in [0.15, 0.2) is 88.4 Å². The summed E-state index contributed by atoms with van der Waals surface area (Å²) in [6.07, 6.45) is 3.11. The van der Waals surface area contributed by atoms with E-state index in [1.165, 1.54) is 11.0 Å². The van der Waals surface area contributed by atoms with Crippen molar-refractivity contribution in [2.45, 2.75) is 17.5 Å². The number of likely N-dealkylation sites (tertiary alicyclic amines) is 1. The van der Waals surface area contributed by atoms with Gasteiger partial charge in [0.2, 0.25) is 5.91 Å². The lowest BCUT2D eigenvalue weighted by Crippen LogP contribution is -2.37. The number of hydrogen-bond donors (Lipinski definition) is 1. The minimum absolute atomic E-state index is 0.00784. The maximum atomic E-state index is 13.5. The quantitative estimate of drug-likeness (QED) is 0.617. The van der Waals surface area contributed by atoms with Crippen molar-refractivity contribution in [1.82, 2.24) is 9.88 Å². The molecule has 160 valence electrons. The molecule has 2 aliphatic rings. The van der Waals surface area contributed by atoms with Gasteiger partial charge in [-0.1, -0.05) is 42.5 Å². The number of aromatic nitrogens is 1. The Kier molecular flexibility index (Phi) is 4.82. The largest absolute Gasteiger partial charge is 0.341 e. The summed E-state index contributed by atoms with van der Waals surface area (Å²) in [6.45, 7) is 0.200. The Labute approximate surface area is 184 Å². The predicted molar refractivity (Wildman–Crippen MR) is 117 cm³/mol. The molecule has 0 spiro atoms. The molecule has 1 fully saturated rings. The van der Waals surface area contributed by atoms with E-state index in [0.29, 0.717) is 11.3 Å². The van der Waals surface area contributed by atoms with Crippen molar-refractivity contribution >= 4 is 33.2 Å². The molecule has 1 aromatic heterocycles. The van der Waals surface area contributed by atoms with Crippen molar-refractivity contribution in [2.75, 3.05) is 5.32 Å². The molecule has 8 nitrogen and oxygen atoms in total. The van der Waals surface area contributed by atoms with Crippen LogP contribution in [-0.2, 0) is 26.2 Å². The van der Waals surface area contributed by atoms with Crippen LogP contribution in [0.5, 0.6) is 0 Å². The fraction of sp³-hybridized carbons (Fsp3) is 0.130. The number of amides is 1. The van der Waals surface area contributed by atoms with E-state index in [4.69, 9.17) is 0 Å². The van der Waals surface area contributed by atoms with Crippen molar-refractivity contribution in [3.63, 3.8) is 0 Å². The number of benzene rings is 2. The second kappa shape index (κ2) is 7.69. The Morgan fingerprint density at radius 3 is 2.34 bits per heavy atom. The lowest BCUT2D eigenvalue weighted by atomic mass is 9.97. The molecule has 2 unspecified atom stereocenters. The number of amidine groups is 1. The number of carbonyl (C=O) groups excluding carboxylic acids is 2. The average molecular weight is 446 g/mol. The molecule has 0 saturated carbocycles. The van der Waals surface area contributed by atoms with E-state index < -0.39 is 33.7 Å². The number of Topliss-reactive ketones (excluding diaryl/α,β-unsaturated/α-hetero) is 1. The molecule has 1 N–H and O–H groups in total. The molecular formula is C23H18N4O4S. The van der Waals surface area contributed by atoms with Gasteiger partial charge in [0, 0.05) is 18.9 Å². The van der Waals surface area contributed by atoms with Gasteiger partial charge in [-0.25, -0.2) is 0 Å². The number of nitrogens with one attached hydrogen (secondary N) is 1. The van der Waals surface area contributed by atoms with Crippen LogP contribution >= 0.6 is 0 Å². The molecule has 0 radical (unpaired) electrons. The molecule has 2 atom stereocenters. The summed E-state index contributed by atoms with van der Waals surface area (Å²) < 4.78 is 29.2. The van der Waals surface area contributed by atoms with Gasteiger partial charge < -0.3 is 10.2 Å². The van der Waals surface area contributed by atoms with E-state index in [-0.39, 0.29) is 17.3 Å². The van der Waals surface area contributed by atoms with Gasteiger partial charge in [0.25, 0.3) is 10.0 Å². The highest BCUT2D eigenvalue weighted by Gasteiger charge is 2.51. The highest BCUT2D eigenvalue weighted by molar-refractivity contribution is 7.90. The van der Waals surface area contributed by atoms with Gasteiger partial charge in [0.15, 0.2) is 11.7 Å². The Morgan fingerprint density at radius 2 is 1.59 bits per heavy atom. The van der Waals surface area contributed by atoms with Gasteiger partial charge in [-0.3, -0.25) is 14.6 Å².